The largest absolute Gasteiger partial charge is 0.493 e. The van der Waals surface area contributed by atoms with Gasteiger partial charge in [0.2, 0.25) is 5.91 Å². The summed E-state index contributed by atoms with van der Waals surface area (Å²) in [7, 11) is 3.15. The van der Waals surface area contributed by atoms with Crippen molar-refractivity contribution in [2.45, 2.75) is 6.42 Å². The topological polar surface area (TPSA) is 59.9 Å². The molecule has 0 aliphatic carbocycles. The molecular formula is C19H15ClN2O3S. The first-order chi connectivity index (χ1) is 12.6. The van der Waals surface area contributed by atoms with Gasteiger partial charge in [0, 0.05) is 15.6 Å². The maximum Gasteiger partial charge on any atom is 0.244 e. The summed E-state index contributed by atoms with van der Waals surface area (Å²) in [4.78, 5) is 12.9. The van der Waals surface area contributed by atoms with E-state index < -0.39 is 0 Å². The molecule has 0 atom stereocenters. The van der Waals surface area contributed by atoms with Gasteiger partial charge in [0.1, 0.15) is 5.71 Å². The first-order valence-electron chi connectivity index (χ1n) is 7.91. The zero-order valence-corrected chi connectivity index (χ0v) is 15.7. The van der Waals surface area contributed by atoms with Crippen LogP contribution in [0.4, 0.5) is 0 Å². The molecule has 2 heterocycles. The van der Waals surface area contributed by atoms with Crippen LogP contribution in [-0.4, -0.2) is 25.8 Å². The van der Waals surface area contributed by atoms with E-state index in [1.807, 2.05) is 36.4 Å². The zero-order valence-electron chi connectivity index (χ0n) is 14.1. The van der Waals surface area contributed by atoms with E-state index in [0.717, 1.165) is 26.1 Å². The molecule has 1 N–H and O–H groups in total. The molecular weight excluding hydrogens is 372 g/mol. The number of hydrogen-bond acceptors (Lipinski definition) is 5. The number of carbonyl (C=O) groups is 1. The van der Waals surface area contributed by atoms with E-state index in [1.54, 1.807) is 25.6 Å². The second-order valence-corrected chi connectivity index (χ2v) is 7.21. The number of hydrogen-bond donors (Lipinski definition) is 1. The SMILES string of the molecule is COc1cc2c(cc1OC)C(c1sc3ccccc3c1Cl)=NNC(=O)C2. The maximum absolute atomic E-state index is 12.1. The fourth-order valence-electron chi connectivity index (χ4n) is 3.02. The van der Waals surface area contributed by atoms with Gasteiger partial charge in [-0.15, -0.1) is 11.3 Å². The predicted molar refractivity (Wildman–Crippen MR) is 104 cm³/mol. The first kappa shape index (κ1) is 16.9. The van der Waals surface area contributed by atoms with Gasteiger partial charge in [-0.3, -0.25) is 4.79 Å². The van der Waals surface area contributed by atoms with E-state index in [2.05, 4.69) is 10.5 Å². The van der Waals surface area contributed by atoms with E-state index >= 15 is 0 Å². The van der Waals surface area contributed by atoms with Crippen molar-refractivity contribution in [3.05, 3.63) is 57.4 Å². The molecule has 0 saturated carbocycles. The lowest BCUT2D eigenvalue weighted by Gasteiger charge is -2.13. The molecule has 1 aliphatic heterocycles. The number of methoxy groups -OCH3 is 2. The molecule has 3 aromatic rings. The Morgan fingerprint density at radius 3 is 2.62 bits per heavy atom. The Morgan fingerprint density at radius 2 is 1.88 bits per heavy atom. The minimum absolute atomic E-state index is 0.189. The molecule has 7 heteroatoms. The highest BCUT2D eigenvalue weighted by atomic mass is 35.5. The third kappa shape index (κ3) is 2.71. The number of carbonyl (C=O) groups excluding carboxylic acids is 1. The minimum atomic E-state index is -0.189. The fraction of sp³-hybridized carbons (Fsp3) is 0.158. The number of halogens is 1. The van der Waals surface area contributed by atoms with Crippen molar-refractivity contribution in [1.82, 2.24) is 5.43 Å². The minimum Gasteiger partial charge on any atom is -0.493 e. The summed E-state index contributed by atoms with van der Waals surface area (Å²) in [5.41, 5.74) is 4.84. The van der Waals surface area contributed by atoms with Crippen LogP contribution in [-0.2, 0) is 11.2 Å². The normalized spacial score (nSPS) is 13.7. The highest BCUT2D eigenvalue weighted by molar-refractivity contribution is 7.21. The molecule has 0 fully saturated rings. The summed E-state index contributed by atoms with van der Waals surface area (Å²) in [5.74, 6) is 0.957. The van der Waals surface area contributed by atoms with Gasteiger partial charge in [-0.1, -0.05) is 29.8 Å². The van der Waals surface area contributed by atoms with Gasteiger partial charge in [-0.2, -0.15) is 5.10 Å². The number of thiophene rings is 1. The van der Waals surface area contributed by atoms with Crippen LogP contribution in [0.25, 0.3) is 10.1 Å². The van der Waals surface area contributed by atoms with Crippen molar-refractivity contribution in [3.63, 3.8) is 0 Å². The summed E-state index contributed by atoms with van der Waals surface area (Å²) in [6, 6.07) is 11.6. The maximum atomic E-state index is 12.1. The Balaban J connectivity index is 1.97. The lowest BCUT2D eigenvalue weighted by molar-refractivity contribution is -0.120. The lowest BCUT2D eigenvalue weighted by atomic mass is 9.98. The van der Waals surface area contributed by atoms with Crippen LogP contribution in [0.2, 0.25) is 5.02 Å². The molecule has 0 spiro atoms. The van der Waals surface area contributed by atoms with Crippen LogP contribution in [0.15, 0.2) is 41.5 Å². The van der Waals surface area contributed by atoms with Gasteiger partial charge < -0.3 is 9.47 Å². The van der Waals surface area contributed by atoms with Gasteiger partial charge in [-0.25, -0.2) is 5.43 Å². The van der Waals surface area contributed by atoms with Crippen molar-refractivity contribution >= 4 is 44.6 Å². The molecule has 5 nitrogen and oxygen atoms in total. The summed E-state index contributed by atoms with van der Waals surface area (Å²) in [5, 5.41) is 5.94. The molecule has 1 aliphatic rings. The van der Waals surface area contributed by atoms with Gasteiger partial charge in [-0.05, 0) is 23.8 Å². The van der Waals surface area contributed by atoms with Crippen LogP contribution in [0.1, 0.15) is 16.0 Å². The summed E-state index contributed by atoms with van der Waals surface area (Å²) in [6.07, 6.45) is 0.200. The van der Waals surface area contributed by atoms with Crippen molar-refractivity contribution < 1.29 is 14.3 Å². The van der Waals surface area contributed by atoms with E-state index in [4.69, 9.17) is 21.1 Å². The van der Waals surface area contributed by atoms with Crippen LogP contribution < -0.4 is 14.9 Å². The van der Waals surface area contributed by atoms with Crippen LogP contribution in [0.5, 0.6) is 11.5 Å². The number of nitrogens with one attached hydrogen (secondary N) is 1. The molecule has 132 valence electrons. The highest BCUT2D eigenvalue weighted by Crippen LogP contribution is 2.39. The highest BCUT2D eigenvalue weighted by Gasteiger charge is 2.25. The third-order valence-corrected chi connectivity index (χ3v) is 5.94. The Hall–Kier alpha value is -2.57. The monoisotopic (exact) mass is 386 g/mol. The third-order valence-electron chi connectivity index (χ3n) is 4.26. The Labute approximate surface area is 159 Å². The van der Waals surface area contributed by atoms with E-state index in [1.165, 1.54) is 0 Å². The van der Waals surface area contributed by atoms with E-state index in [9.17, 15) is 4.79 Å². The number of hydrazone groups is 1. The van der Waals surface area contributed by atoms with E-state index in [-0.39, 0.29) is 12.3 Å². The zero-order chi connectivity index (χ0) is 18.3. The van der Waals surface area contributed by atoms with E-state index in [0.29, 0.717) is 22.2 Å². The number of rotatable bonds is 3. The van der Waals surface area contributed by atoms with Crippen molar-refractivity contribution in [1.29, 1.82) is 0 Å². The average molecular weight is 387 g/mol. The Morgan fingerprint density at radius 1 is 1.15 bits per heavy atom. The number of amides is 1. The molecule has 2 aromatic carbocycles. The molecule has 0 radical (unpaired) electrons. The van der Waals surface area contributed by atoms with Gasteiger partial charge >= 0.3 is 0 Å². The molecule has 0 saturated heterocycles. The molecule has 4 rings (SSSR count). The van der Waals surface area contributed by atoms with Crippen LogP contribution in [0, 0.1) is 0 Å². The summed E-state index contributed by atoms with van der Waals surface area (Å²) >= 11 is 8.18. The summed E-state index contributed by atoms with van der Waals surface area (Å²) in [6.45, 7) is 0. The number of fused-ring (bicyclic) bond motifs is 2. The number of ether oxygens (including phenoxy) is 2. The fourth-order valence-corrected chi connectivity index (χ4v) is 4.54. The second-order valence-electron chi connectivity index (χ2n) is 5.78. The first-order valence-corrected chi connectivity index (χ1v) is 9.11. The quantitative estimate of drug-likeness (QED) is 0.740. The Kier molecular flexibility index (Phi) is 4.30. The van der Waals surface area contributed by atoms with Crippen LogP contribution in [0.3, 0.4) is 0 Å². The standard InChI is InChI=1S/C19H15ClN2O3S/c1-24-13-7-10-8-16(23)21-22-18(12(10)9-14(13)25-2)19-17(20)11-5-3-4-6-15(11)26-19/h3-7,9H,8H2,1-2H3,(H,21,23). The Bertz CT molecular complexity index is 1060. The predicted octanol–water partition coefficient (Wildman–Crippen LogP) is 4.00. The number of benzene rings is 2. The van der Waals surface area contributed by atoms with Gasteiger partial charge in [0.05, 0.1) is 30.5 Å². The van der Waals surface area contributed by atoms with Gasteiger partial charge in [0.25, 0.3) is 0 Å². The molecule has 1 aromatic heterocycles. The number of nitrogens with zero attached hydrogens (tertiary/aromatic N) is 1. The van der Waals surface area contributed by atoms with Crippen molar-refractivity contribution in [2.24, 2.45) is 5.10 Å². The van der Waals surface area contributed by atoms with Crippen molar-refractivity contribution in [2.75, 3.05) is 14.2 Å². The molecule has 0 unspecified atom stereocenters. The van der Waals surface area contributed by atoms with Crippen molar-refractivity contribution in [3.8, 4) is 11.5 Å². The van der Waals surface area contributed by atoms with Crippen LogP contribution >= 0.6 is 22.9 Å². The molecule has 26 heavy (non-hydrogen) atoms. The average Bonchev–Trinajstić information content (AvgIpc) is 2.89. The molecule has 1 amide bonds. The summed E-state index contributed by atoms with van der Waals surface area (Å²) < 4.78 is 11.9. The smallest absolute Gasteiger partial charge is 0.244 e. The lowest BCUT2D eigenvalue weighted by Crippen LogP contribution is -2.18. The second kappa shape index (κ2) is 6.63. The van der Waals surface area contributed by atoms with Gasteiger partial charge in [0.15, 0.2) is 11.5 Å². The molecule has 0 bridgehead atoms.